The zero-order chi connectivity index (χ0) is 10.4. The highest BCUT2D eigenvalue weighted by molar-refractivity contribution is 6.18. The van der Waals surface area contributed by atoms with E-state index in [-0.39, 0.29) is 0 Å². The fourth-order valence-electron chi connectivity index (χ4n) is 2.13. The van der Waals surface area contributed by atoms with Crippen molar-refractivity contribution >= 4 is 11.6 Å². The van der Waals surface area contributed by atoms with Crippen LogP contribution in [0.15, 0.2) is 0 Å². The SMILES string of the molecule is CN(C)CCNC1CCCCC1CCl. The van der Waals surface area contributed by atoms with Crippen LogP contribution in [-0.2, 0) is 0 Å². The molecule has 1 fully saturated rings. The van der Waals surface area contributed by atoms with Crippen LogP contribution in [0.3, 0.4) is 0 Å². The van der Waals surface area contributed by atoms with Crippen molar-refractivity contribution in [1.82, 2.24) is 10.2 Å². The third-order valence-electron chi connectivity index (χ3n) is 3.07. The number of likely N-dealkylation sites (N-methyl/N-ethyl adjacent to an activating group) is 1. The van der Waals surface area contributed by atoms with Crippen molar-refractivity contribution in [2.24, 2.45) is 5.92 Å². The van der Waals surface area contributed by atoms with Gasteiger partial charge in [-0.2, -0.15) is 0 Å². The van der Waals surface area contributed by atoms with E-state index < -0.39 is 0 Å². The molecule has 0 aromatic heterocycles. The van der Waals surface area contributed by atoms with E-state index in [1.165, 1.54) is 25.7 Å². The fraction of sp³-hybridized carbons (Fsp3) is 1.00. The number of hydrogen-bond donors (Lipinski definition) is 1. The highest BCUT2D eigenvalue weighted by atomic mass is 35.5. The lowest BCUT2D eigenvalue weighted by Crippen LogP contribution is -2.42. The van der Waals surface area contributed by atoms with Gasteiger partial charge < -0.3 is 10.2 Å². The zero-order valence-electron chi connectivity index (χ0n) is 9.43. The molecule has 84 valence electrons. The van der Waals surface area contributed by atoms with Crippen molar-refractivity contribution in [2.75, 3.05) is 33.1 Å². The van der Waals surface area contributed by atoms with E-state index in [2.05, 4.69) is 24.3 Å². The fourth-order valence-corrected chi connectivity index (χ4v) is 2.50. The van der Waals surface area contributed by atoms with E-state index in [0.717, 1.165) is 19.0 Å². The zero-order valence-corrected chi connectivity index (χ0v) is 10.2. The van der Waals surface area contributed by atoms with Gasteiger partial charge in [-0.3, -0.25) is 0 Å². The van der Waals surface area contributed by atoms with Crippen molar-refractivity contribution in [1.29, 1.82) is 0 Å². The molecule has 0 spiro atoms. The molecular weight excluding hydrogens is 196 g/mol. The van der Waals surface area contributed by atoms with Gasteiger partial charge in [0.25, 0.3) is 0 Å². The van der Waals surface area contributed by atoms with E-state index in [1.807, 2.05) is 0 Å². The molecule has 0 aromatic rings. The highest BCUT2D eigenvalue weighted by Gasteiger charge is 2.23. The minimum absolute atomic E-state index is 0.668. The van der Waals surface area contributed by atoms with Crippen molar-refractivity contribution in [3.05, 3.63) is 0 Å². The number of halogens is 1. The molecule has 0 radical (unpaired) electrons. The predicted octanol–water partition coefficient (Wildman–Crippen LogP) is 1.94. The summed E-state index contributed by atoms with van der Waals surface area (Å²) in [6.45, 7) is 2.20. The Morgan fingerprint density at radius 2 is 2.00 bits per heavy atom. The lowest BCUT2D eigenvalue weighted by atomic mass is 9.86. The second-order valence-corrected chi connectivity index (χ2v) is 4.87. The summed E-state index contributed by atoms with van der Waals surface area (Å²) >= 11 is 5.97. The first kappa shape index (κ1) is 12.3. The second-order valence-electron chi connectivity index (χ2n) is 4.56. The Bertz CT molecular complexity index is 150. The standard InChI is InChI=1S/C11H23ClN2/c1-14(2)8-7-13-11-6-4-3-5-10(11)9-12/h10-11,13H,3-9H2,1-2H3. The topological polar surface area (TPSA) is 15.3 Å². The van der Waals surface area contributed by atoms with Crippen LogP contribution in [0.2, 0.25) is 0 Å². The Hall–Kier alpha value is 0.210. The highest BCUT2D eigenvalue weighted by Crippen LogP contribution is 2.25. The molecule has 0 heterocycles. The van der Waals surface area contributed by atoms with Gasteiger partial charge in [-0.1, -0.05) is 12.8 Å². The van der Waals surface area contributed by atoms with Crippen molar-refractivity contribution in [3.8, 4) is 0 Å². The van der Waals surface area contributed by atoms with Crippen LogP contribution in [0.5, 0.6) is 0 Å². The summed E-state index contributed by atoms with van der Waals surface area (Å²) in [4.78, 5) is 2.21. The Balaban J connectivity index is 2.19. The van der Waals surface area contributed by atoms with Gasteiger partial charge in [-0.05, 0) is 32.9 Å². The minimum Gasteiger partial charge on any atom is -0.312 e. The average molecular weight is 219 g/mol. The number of nitrogens with zero attached hydrogens (tertiary/aromatic N) is 1. The Labute approximate surface area is 93.0 Å². The van der Waals surface area contributed by atoms with Gasteiger partial charge in [0.2, 0.25) is 0 Å². The van der Waals surface area contributed by atoms with Crippen molar-refractivity contribution in [2.45, 2.75) is 31.7 Å². The van der Waals surface area contributed by atoms with Crippen LogP contribution in [0.25, 0.3) is 0 Å². The molecule has 14 heavy (non-hydrogen) atoms. The van der Waals surface area contributed by atoms with Gasteiger partial charge in [-0.25, -0.2) is 0 Å². The first-order valence-corrected chi connectivity index (χ1v) is 6.21. The van der Waals surface area contributed by atoms with Crippen molar-refractivity contribution in [3.63, 3.8) is 0 Å². The predicted molar refractivity (Wildman–Crippen MR) is 63.0 cm³/mol. The van der Waals surface area contributed by atoms with E-state index in [0.29, 0.717) is 12.0 Å². The smallest absolute Gasteiger partial charge is 0.0266 e. The first-order valence-electron chi connectivity index (χ1n) is 5.68. The average Bonchev–Trinajstić information content (AvgIpc) is 2.18. The quantitative estimate of drug-likeness (QED) is 0.710. The molecular formula is C11H23ClN2. The summed E-state index contributed by atoms with van der Waals surface area (Å²) in [7, 11) is 4.23. The van der Waals surface area contributed by atoms with Crippen LogP contribution >= 0.6 is 11.6 Å². The van der Waals surface area contributed by atoms with Crippen LogP contribution in [0.1, 0.15) is 25.7 Å². The van der Waals surface area contributed by atoms with Gasteiger partial charge in [0.1, 0.15) is 0 Å². The van der Waals surface area contributed by atoms with Crippen LogP contribution in [-0.4, -0.2) is 44.0 Å². The van der Waals surface area contributed by atoms with Crippen LogP contribution in [0, 0.1) is 5.92 Å². The Morgan fingerprint density at radius 1 is 1.29 bits per heavy atom. The monoisotopic (exact) mass is 218 g/mol. The number of hydrogen-bond acceptors (Lipinski definition) is 2. The van der Waals surface area contributed by atoms with Crippen LogP contribution in [0.4, 0.5) is 0 Å². The van der Waals surface area contributed by atoms with E-state index >= 15 is 0 Å². The molecule has 2 nitrogen and oxygen atoms in total. The lowest BCUT2D eigenvalue weighted by molar-refractivity contribution is 0.273. The molecule has 0 aromatic carbocycles. The molecule has 2 unspecified atom stereocenters. The maximum Gasteiger partial charge on any atom is 0.0266 e. The van der Waals surface area contributed by atoms with E-state index in [4.69, 9.17) is 11.6 Å². The largest absolute Gasteiger partial charge is 0.312 e. The molecule has 1 saturated carbocycles. The summed E-state index contributed by atoms with van der Waals surface area (Å²) in [6, 6.07) is 0.668. The van der Waals surface area contributed by atoms with Crippen molar-refractivity contribution < 1.29 is 0 Å². The molecule has 0 aliphatic heterocycles. The van der Waals surface area contributed by atoms with Crippen LogP contribution < -0.4 is 5.32 Å². The molecule has 0 saturated heterocycles. The summed E-state index contributed by atoms with van der Waals surface area (Å²) in [5.74, 6) is 1.52. The Kier molecular flexibility index (Phi) is 5.83. The maximum atomic E-state index is 5.97. The summed E-state index contributed by atoms with van der Waals surface area (Å²) in [6.07, 6.45) is 5.35. The third-order valence-corrected chi connectivity index (χ3v) is 3.47. The molecule has 3 heteroatoms. The summed E-state index contributed by atoms with van der Waals surface area (Å²) in [5, 5.41) is 3.63. The normalized spacial score (nSPS) is 28.3. The second kappa shape index (κ2) is 6.65. The molecule has 1 N–H and O–H groups in total. The minimum atomic E-state index is 0.668. The number of rotatable bonds is 5. The van der Waals surface area contributed by atoms with Gasteiger partial charge in [0, 0.05) is 25.0 Å². The van der Waals surface area contributed by atoms with E-state index in [9.17, 15) is 0 Å². The summed E-state index contributed by atoms with van der Waals surface area (Å²) < 4.78 is 0. The molecule has 0 bridgehead atoms. The lowest BCUT2D eigenvalue weighted by Gasteiger charge is -2.31. The van der Waals surface area contributed by atoms with Gasteiger partial charge >= 0.3 is 0 Å². The molecule has 1 rings (SSSR count). The number of alkyl halides is 1. The molecule has 1 aliphatic rings. The number of nitrogens with one attached hydrogen (secondary N) is 1. The maximum absolute atomic E-state index is 5.97. The van der Waals surface area contributed by atoms with E-state index in [1.54, 1.807) is 0 Å². The third kappa shape index (κ3) is 4.16. The van der Waals surface area contributed by atoms with Gasteiger partial charge in [0.15, 0.2) is 0 Å². The molecule has 0 amide bonds. The first-order chi connectivity index (χ1) is 6.74. The molecule has 2 atom stereocenters. The van der Waals surface area contributed by atoms with Gasteiger partial charge in [0.05, 0.1) is 0 Å². The Morgan fingerprint density at radius 3 is 2.64 bits per heavy atom. The van der Waals surface area contributed by atoms with Gasteiger partial charge in [-0.15, -0.1) is 11.6 Å². The molecule has 1 aliphatic carbocycles. The summed E-state index contributed by atoms with van der Waals surface area (Å²) in [5.41, 5.74) is 0.